The predicted octanol–water partition coefficient (Wildman–Crippen LogP) is 3.24. The van der Waals surface area contributed by atoms with Crippen molar-refractivity contribution in [1.29, 1.82) is 0 Å². The first-order chi connectivity index (χ1) is 24.0. The van der Waals surface area contributed by atoms with Crippen LogP contribution in [-0.4, -0.2) is 0 Å². The molecule has 2 fully saturated rings. The fourth-order valence-electron chi connectivity index (χ4n) is 9.33. The van der Waals surface area contributed by atoms with Crippen molar-refractivity contribution >= 4 is 115 Å². The smallest absolute Gasteiger partial charge is 0.0686 e. The second-order valence-corrected chi connectivity index (χ2v) is 13.3. The molecule has 1 heterocycles. The lowest BCUT2D eigenvalue weighted by Gasteiger charge is -2.31. The van der Waals surface area contributed by atoms with E-state index in [2.05, 4.69) is 31.6 Å². The number of hydrogen-bond acceptors (Lipinski definition) is 15. The summed E-state index contributed by atoms with van der Waals surface area (Å²) in [4.78, 5) is 0. The molecule has 262 valence electrons. The second-order valence-electron chi connectivity index (χ2n) is 13.3. The Kier molecular flexibility index (Phi) is 6.17. The van der Waals surface area contributed by atoms with Gasteiger partial charge in [-0.15, -0.1) is 0 Å². The van der Waals surface area contributed by atoms with Crippen LogP contribution in [0.4, 0.5) is 91.0 Å². The van der Waals surface area contributed by atoms with E-state index in [0.29, 0.717) is 55.9 Å². The second kappa shape index (κ2) is 9.72. The first-order valence-corrected chi connectivity index (χ1v) is 15.8. The molecule has 1 spiro atoms. The molecular formula is C36H43N15. The Morgan fingerprint density at radius 2 is 0.647 bits per heavy atom. The lowest BCUT2D eigenvalue weighted by Crippen LogP contribution is -2.23. The minimum absolute atomic E-state index is 0.146. The van der Waals surface area contributed by atoms with Crippen LogP contribution in [0.3, 0.4) is 0 Å². The maximum atomic E-state index is 7.06. The van der Waals surface area contributed by atoms with Gasteiger partial charge >= 0.3 is 0 Å². The van der Waals surface area contributed by atoms with E-state index in [4.69, 9.17) is 80.3 Å². The average molecular weight is 686 g/mol. The van der Waals surface area contributed by atoms with Crippen LogP contribution in [0.1, 0.15) is 56.3 Å². The molecule has 4 atom stereocenters. The zero-order valence-electron chi connectivity index (χ0n) is 27.9. The van der Waals surface area contributed by atoms with Gasteiger partial charge in [0.05, 0.1) is 91.0 Å². The van der Waals surface area contributed by atoms with Crippen LogP contribution in [0, 0.1) is 0 Å². The quantitative estimate of drug-likeness (QED) is 0.129. The maximum absolute atomic E-state index is 7.06. The molecule has 0 saturated heterocycles. The SMILES string of the molecule is C=Cc1c(N)c(N)c(C2C3(c4c(N)c(N)c(C=C)c(N)c4N)C4c5c(N)c(N)c(C=C)c(N)c5Nc5c(N)c(C=C)c(N)c(N)c5C243)c(N)c1N. The molecule has 4 unspecified atom stereocenters. The van der Waals surface area contributed by atoms with Crippen LogP contribution in [0.25, 0.3) is 24.3 Å². The van der Waals surface area contributed by atoms with Crippen LogP contribution in [0.15, 0.2) is 26.3 Å². The number of nitrogens with two attached hydrogens (primary N) is 14. The normalized spacial score (nSPS) is 21.9. The van der Waals surface area contributed by atoms with Gasteiger partial charge in [-0.25, -0.2) is 0 Å². The summed E-state index contributed by atoms with van der Waals surface area (Å²) in [5.74, 6) is -1.32. The molecule has 0 radical (unpaired) electrons. The van der Waals surface area contributed by atoms with Gasteiger partial charge in [-0.05, 0) is 0 Å². The molecule has 2 aliphatic carbocycles. The molecule has 3 aliphatic rings. The zero-order chi connectivity index (χ0) is 37.5. The third-order valence-corrected chi connectivity index (χ3v) is 11.6. The number of rotatable bonds is 6. The summed E-state index contributed by atoms with van der Waals surface area (Å²) in [6, 6.07) is 0. The third-order valence-electron chi connectivity index (χ3n) is 11.6. The van der Waals surface area contributed by atoms with E-state index in [9.17, 15) is 0 Å². The van der Waals surface area contributed by atoms with Crippen LogP contribution < -0.4 is 85.6 Å². The van der Waals surface area contributed by atoms with Gasteiger partial charge in [0.2, 0.25) is 0 Å². The summed E-state index contributed by atoms with van der Waals surface area (Å²) in [6.45, 7) is 15.5. The van der Waals surface area contributed by atoms with E-state index in [-0.39, 0.29) is 79.6 Å². The van der Waals surface area contributed by atoms with Crippen molar-refractivity contribution in [3.8, 4) is 0 Å². The highest BCUT2D eigenvalue weighted by molar-refractivity contribution is 6.10. The molecule has 1 aliphatic heterocycles. The van der Waals surface area contributed by atoms with Crippen molar-refractivity contribution < 1.29 is 0 Å². The average Bonchev–Trinajstić information content (AvgIpc) is 3.92. The van der Waals surface area contributed by atoms with Crippen molar-refractivity contribution in [3.05, 3.63) is 70.8 Å². The van der Waals surface area contributed by atoms with Crippen molar-refractivity contribution in [3.63, 3.8) is 0 Å². The molecule has 0 amide bonds. The monoisotopic (exact) mass is 685 g/mol. The molecule has 4 aromatic carbocycles. The molecule has 7 rings (SSSR count). The van der Waals surface area contributed by atoms with Gasteiger partial charge < -0.3 is 85.6 Å². The van der Waals surface area contributed by atoms with Crippen LogP contribution in [-0.2, 0) is 10.8 Å². The van der Waals surface area contributed by atoms with Gasteiger partial charge in [0.15, 0.2) is 0 Å². The van der Waals surface area contributed by atoms with Gasteiger partial charge in [-0.1, -0.05) is 50.6 Å². The first-order valence-electron chi connectivity index (χ1n) is 15.8. The van der Waals surface area contributed by atoms with E-state index in [1.807, 2.05) is 0 Å². The fraction of sp³-hybridized carbons (Fsp3) is 0.111. The summed E-state index contributed by atoms with van der Waals surface area (Å²) in [5, 5.41) is 3.45. The summed E-state index contributed by atoms with van der Waals surface area (Å²) in [6.07, 6.45) is 6.00. The van der Waals surface area contributed by atoms with Crippen molar-refractivity contribution in [2.45, 2.75) is 22.7 Å². The fourth-order valence-corrected chi connectivity index (χ4v) is 9.33. The molecule has 29 N–H and O–H groups in total. The van der Waals surface area contributed by atoms with Crippen molar-refractivity contribution in [2.75, 3.05) is 85.6 Å². The third kappa shape index (κ3) is 3.18. The first kappa shape index (κ1) is 32.4. The summed E-state index contributed by atoms with van der Waals surface area (Å²) in [5.41, 5.74) is 100. The molecule has 0 bridgehead atoms. The Balaban J connectivity index is 1.76. The zero-order valence-corrected chi connectivity index (χ0v) is 27.9. The van der Waals surface area contributed by atoms with Gasteiger partial charge in [0.25, 0.3) is 0 Å². The van der Waals surface area contributed by atoms with E-state index < -0.39 is 22.7 Å². The minimum atomic E-state index is -1.18. The molecule has 15 nitrogen and oxygen atoms in total. The minimum Gasteiger partial charge on any atom is -0.397 e. The number of nitrogen functional groups attached to an aromatic ring is 14. The Hall–Kier alpha value is -7.16. The van der Waals surface area contributed by atoms with Gasteiger partial charge in [0.1, 0.15) is 0 Å². The Labute approximate surface area is 294 Å². The number of nitrogens with one attached hydrogen (secondary N) is 1. The lowest BCUT2D eigenvalue weighted by molar-refractivity contribution is 0.608. The van der Waals surface area contributed by atoms with E-state index in [1.54, 1.807) is 0 Å². The highest BCUT2D eigenvalue weighted by atomic mass is 15.1. The van der Waals surface area contributed by atoms with Crippen molar-refractivity contribution in [1.82, 2.24) is 0 Å². The Morgan fingerprint density at radius 3 is 1.06 bits per heavy atom. The van der Waals surface area contributed by atoms with Gasteiger partial charge in [-0.2, -0.15) is 0 Å². The van der Waals surface area contributed by atoms with Crippen LogP contribution in [0.5, 0.6) is 0 Å². The largest absolute Gasteiger partial charge is 0.397 e. The summed E-state index contributed by atoms with van der Waals surface area (Å²) in [7, 11) is 0. The van der Waals surface area contributed by atoms with E-state index in [1.165, 1.54) is 24.3 Å². The number of hydrogen-bond donors (Lipinski definition) is 15. The summed E-state index contributed by atoms with van der Waals surface area (Å²) < 4.78 is 0. The molecule has 51 heavy (non-hydrogen) atoms. The Morgan fingerprint density at radius 1 is 0.353 bits per heavy atom. The number of anilines is 16. The topological polar surface area (TPSA) is 376 Å². The highest BCUT2D eigenvalue weighted by Gasteiger charge is 3.01. The molecule has 0 aromatic heterocycles. The standard InChI is InChI=1S/C36H43N15/c1-5-9-17(37)25(45)13(26(46)18(9)38)33-35(15-28(48)20(40)10(6-2)21(41)29(15)49)34-14-27(47)19(39)11(7-3)23(43)31(14)51-32-16(36(33,34)35)30(50)22(42)12(8-4)24(32)44/h5-8,33-34,51H,1-4,37-50H2. The molecular weight excluding hydrogens is 643 g/mol. The number of fused-ring (bicyclic) bond motifs is 4. The lowest BCUT2D eigenvalue weighted by atomic mass is 9.74. The molecule has 2 saturated carbocycles. The van der Waals surface area contributed by atoms with Crippen LogP contribution >= 0.6 is 0 Å². The number of benzene rings is 4. The Bertz CT molecular complexity index is 2320. The maximum Gasteiger partial charge on any atom is 0.0686 e. The predicted molar refractivity (Wildman–Crippen MR) is 220 cm³/mol. The molecule has 4 aromatic rings. The van der Waals surface area contributed by atoms with E-state index >= 15 is 0 Å². The van der Waals surface area contributed by atoms with E-state index in [0.717, 1.165) is 0 Å². The van der Waals surface area contributed by atoms with Gasteiger partial charge in [-0.3, -0.25) is 0 Å². The van der Waals surface area contributed by atoms with Gasteiger partial charge in [0, 0.05) is 67.2 Å². The molecule has 15 heteroatoms. The highest BCUT2D eigenvalue weighted by Crippen LogP contribution is 3.03. The van der Waals surface area contributed by atoms with Crippen molar-refractivity contribution in [2.24, 2.45) is 0 Å². The summed E-state index contributed by atoms with van der Waals surface area (Å²) >= 11 is 0. The van der Waals surface area contributed by atoms with Crippen LogP contribution in [0.2, 0.25) is 0 Å².